The van der Waals surface area contributed by atoms with Gasteiger partial charge in [0.15, 0.2) is 0 Å². The Morgan fingerprint density at radius 3 is 2.54 bits per heavy atom. The summed E-state index contributed by atoms with van der Waals surface area (Å²) in [5.74, 6) is -5.30. The van der Waals surface area contributed by atoms with Crippen molar-refractivity contribution >= 4 is 22.7 Å². The fraction of sp³-hybridized carbons (Fsp3) is 0.368. The Kier molecular flexibility index (Phi) is 3.58. The quantitative estimate of drug-likeness (QED) is 0.753. The van der Waals surface area contributed by atoms with Crippen molar-refractivity contribution in [2.75, 3.05) is 0 Å². The van der Waals surface area contributed by atoms with Gasteiger partial charge in [0, 0.05) is 11.8 Å². The molecule has 0 bridgehead atoms. The van der Waals surface area contributed by atoms with Crippen molar-refractivity contribution in [2.45, 2.75) is 30.3 Å². The first kappa shape index (κ1) is 16.9. The molecule has 3 unspecified atom stereocenters. The Morgan fingerprint density at radius 1 is 1.15 bits per heavy atom. The van der Waals surface area contributed by atoms with Crippen molar-refractivity contribution < 1.29 is 28.9 Å². The molecule has 2 aromatic rings. The molecule has 4 rings (SSSR count). The zero-order valence-corrected chi connectivity index (χ0v) is 13.8. The number of nitrogens with two attached hydrogens (primary N) is 1. The molecular weight excluding hydrogens is 341 g/mol. The summed E-state index contributed by atoms with van der Waals surface area (Å²) in [5.41, 5.74) is 2.23. The lowest BCUT2D eigenvalue weighted by atomic mass is 9.88. The molecule has 5 atom stereocenters. The molecule has 0 spiro atoms. The van der Waals surface area contributed by atoms with E-state index in [2.05, 4.69) is 0 Å². The second kappa shape index (κ2) is 5.49. The van der Waals surface area contributed by atoms with Crippen molar-refractivity contribution in [3.63, 3.8) is 0 Å². The molecule has 2 aromatic carbocycles. The predicted octanol–water partition coefficient (Wildman–Crippen LogP) is 1.95. The van der Waals surface area contributed by atoms with Crippen LogP contribution in [0.4, 0.5) is 4.39 Å². The van der Waals surface area contributed by atoms with Crippen LogP contribution in [0.15, 0.2) is 42.5 Å². The van der Waals surface area contributed by atoms with Crippen molar-refractivity contribution in [1.82, 2.24) is 0 Å². The molecule has 0 saturated heterocycles. The monoisotopic (exact) mass is 359 g/mol. The highest BCUT2D eigenvalue weighted by Gasteiger charge is 2.85. The molecular formula is C19H18FNO5. The largest absolute Gasteiger partial charge is 0.480 e. The third-order valence-corrected chi connectivity index (χ3v) is 5.82. The van der Waals surface area contributed by atoms with E-state index in [1.54, 1.807) is 0 Å². The summed E-state index contributed by atoms with van der Waals surface area (Å²) in [4.78, 5) is 22.9. The van der Waals surface area contributed by atoms with Gasteiger partial charge in [-0.2, -0.15) is 0 Å². The van der Waals surface area contributed by atoms with Gasteiger partial charge in [0.2, 0.25) is 5.67 Å². The average Bonchev–Trinajstić information content (AvgIpc) is 3.09. The Labute approximate surface area is 148 Å². The van der Waals surface area contributed by atoms with Gasteiger partial charge in [-0.3, -0.25) is 4.79 Å². The van der Waals surface area contributed by atoms with Crippen LogP contribution in [0.25, 0.3) is 10.8 Å². The molecule has 7 heteroatoms. The Balaban J connectivity index is 1.58. The number of hydrogen-bond donors (Lipinski definition) is 3. The standard InChI is InChI=1S/C19H18FNO5/c20-18(16(22)23)13-8-14(19(21,15(13)18)17(24)25)26-9-11-6-3-5-10-4-1-2-7-12(10)11/h1-7,13-15H,8-9,21H2,(H,22,23)(H,24,25)/t13?,14?,15?,18-,19+/m1/s1. The number of aliphatic carboxylic acids is 2. The molecule has 6 nitrogen and oxygen atoms in total. The maximum atomic E-state index is 14.5. The summed E-state index contributed by atoms with van der Waals surface area (Å²) in [7, 11) is 0. The maximum absolute atomic E-state index is 14.5. The summed E-state index contributed by atoms with van der Waals surface area (Å²) in [5, 5.41) is 20.6. The van der Waals surface area contributed by atoms with Gasteiger partial charge in [-0.15, -0.1) is 0 Å². The zero-order valence-electron chi connectivity index (χ0n) is 13.8. The van der Waals surface area contributed by atoms with Crippen LogP contribution in [0.3, 0.4) is 0 Å². The molecule has 0 heterocycles. The van der Waals surface area contributed by atoms with Crippen molar-refractivity contribution in [3.8, 4) is 0 Å². The van der Waals surface area contributed by atoms with Gasteiger partial charge in [0.1, 0.15) is 5.54 Å². The van der Waals surface area contributed by atoms with Crippen molar-refractivity contribution in [1.29, 1.82) is 0 Å². The highest BCUT2D eigenvalue weighted by Crippen LogP contribution is 2.67. The van der Waals surface area contributed by atoms with E-state index in [0.29, 0.717) is 0 Å². The molecule has 0 aromatic heterocycles. The summed E-state index contributed by atoms with van der Waals surface area (Å²) >= 11 is 0. The van der Waals surface area contributed by atoms with Crippen LogP contribution in [0, 0.1) is 11.8 Å². The number of halogens is 1. The number of fused-ring (bicyclic) bond motifs is 2. The topological polar surface area (TPSA) is 110 Å². The molecule has 2 saturated carbocycles. The second-order valence-corrected chi connectivity index (χ2v) is 7.07. The third-order valence-electron chi connectivity index (χ3n) is 5.82. The van der Waals surface area contributed by atoms with Gasteiger partial charge < -0.3 is 20.7 Å². The highest BCUT2D eigenvalue weighted by molar-refractivity contribution is 5.90. The molecule has 26 heavy (non-hydrogen) atoms. The average molecular weight is 359 g/mol. The summed E-state index contributed by atoms with van der Waals surface area (Å²) in [6.45, 7) is 0.115. The van der Waals surface area contributed by atoms with Gasteiger partial charge in [-0.05, 0) is 22.8 Å². The van der Waals surface area contributed by atoms with Crippen molar-refractivity contribution in [2.24, 2.45) is 17.6 Å². The summed E-state index contributed by atoms with van der Waals surface area (Å²) < 4.78 is 20.3. The Hall–Kier alpha value is -2.51. The lowest BCUT2D eigenvalue weighted by Crippen LogP contribution is -2.60. The van der Waals surface area contributed by atoms with Crippen LogP contribution in [0.5, 0.6) is 0 Å². The number of rotatable bonds is 5. The molecule has 2 fully saturated rings. The van der Waals surface area contributed by atoms with E-state index in [1.165, 1.54) is 0 Å². The van der Waals surface area contributed by atoms with Crippen molar-refractivity contribution in [3.05, 3.63) is 48.0 Å². The Morgan fingerprint density at radius 2 is 1.85 bits per heavy atom. The number of carboxylic acids is 2. The minimum atomic E-state index is -2.58. The first-order valence-corrected chi connectivity index (χ1v) is 8.34. The molecule has 2 aliphatic carbocycles. The van der Waals surface area contributed by atoms with Gasteiger partial charge in [-0.25, -0.2) is 9.18 Å². The fourth-order valence-corrected chi connectivity index (χ4v) is 4.42. The van der Waals surface area contributed by atoms with E-state index >= 15 is 0 Å². The number of carbonyl (C=O) groups is 2. The second-order valence-electron chi connectivity index (χ2n) is 7.07. The predicted molar refractivity (Wildman–Crippen MR) is 90.2 cm³/mol. The first-order valence-electron chi connectivity index (χ1n) is 8.34. The normalized spacial score (nSPS) is 35.2. The van der Waals surface area contributed by atoms with Crippen LogP contribution in [0.2, 0.25) is 0 Å². The number of hydrogen-bond acceptors (Lipinski definition) is 4. The van der Waals surface area contributed by atoms with Crippen LogP contribution in [0.1, 0.15) is 12.0 Å². The highest BCUT2D eigenvalue weighted by atomic mass is 19.1. The van der Waals surface area contributed by atoms with Gasteiger partial charge in [-0.1, -0.05) is 42.5 Å². The van der Waals surface area contributed by atoms with E-state index < -0.39 is 41.1 Å². The third kappa shape index (κ3) is 2.10. The smallest absolute Gasteiger partial charge is 0.342 e. The lowest BCUT2D eigenvalue weighted by molar-refractivity contribution is -0.156. The van der Waals surface area contributed by atoms with Crippen LogP contribution < -0.4 is 5.73 Å². The minimum Gasteiger partial charge on any atom is -0.480 e. The molecule has 2 aliphatic rings. The van der Waals surface area contributed by atoms with Gasteiger partial charge >= 0.3 is 11.9 Å². The maximum Gasteiger partial charge on any atom is 0.342 e. The minimum absolute atomic E-state index is 0.0268. The van der Waals surface area contributed by atoms with Gasteiger partial charge in [0.05, 0.1) is 12.7 Å². The number of alkyl halides is 1. The molecule has 4 N–H and O–H groups in total. The first-order chi connectivity index (χ1) is 12.3. The van der Waals surface area contributed by atoms with Crippen LogP contribution in [-0.4, -0.2) is 39.5 Å². The van der Waals surface area contributed by atoms with E-state index in [0.717, 1.165) is 16.3 Å². The zero-order chi connectivity index (χ0) is 18.7. The molecule has 136 valence electrons. The lowest BCUT2D eigenvalue weighted by Gasteiger charge is -2.31. The number of ether oxygens (including phenoxy) is 1. The van der Waals surface area contributed by atoms with Crippen LogP contribution in [-0.2, 0) is 20.9 Å². The van der Waals surface area contributed by atoms with E-state index in [1.807, 2.05) is 42.5 Å². The van der Waals surface area contributed by atoms with Crippen LogP contribution >= 0.6 is 0 Å². The summed E-state index contributed by atoms with van der Waals surface area (Å²) in [6.07, 6.45) is -0.974. The van der Waals surface area contributed by atoms with Gasteiger partial charge in [0.25, 0.3) is 0 Å². The fourth-order valence-electron chi connectivity index (χ4n) is 4.42. The Bertz CT molecular complexity index is 912. The molecule has 0 amide bonds. The van der Waals surface area contributed by atoms with E-state index in [9.17, 15) is 19.1 Å². The number of carboxylic acid groups (broad SMARTS) is 2. The number of benzene rings is 2. The molecule has 0 radical (unpaired) electrons. The molecule has 0 aliphatic heterocycles. The summed E-state index contributed by atoms with van der Waals surface area (Å²) in [6, 6.07) is 13.4. The van der Waals surface area contributed by atoms with E-state index in [4.69, 9.17) is 15.6 Å². The SMILES string of the molecule is N[C@@]1(C(=O)O)C(OCc2cccc3ccccc23)CC2C1[C@@]2(F)C(=O)O. The van der Waals surface area contributed by atoms with E-state index in [-0.39, 0.29) is 13.0 Å².